The number of hydrogen-bond acceptors (Lipinski definition) is 4. The molecule has 92 valence electrons. The Morgan fingerprint density at radius 3 is 1.53 bits per heavy atom. The van der Waals surface area contributed by atoms with Crippen LogP contribution in [0.15, 0.2) is 0 Å². The van der Waals surface area contributed by atoms with Gasteiger partial charge in [-0.05, 0) is 20.3 Å². The second-order valence-electron chi connectivity index (χ2n) is 2.85. The van der Waals surface area contributed by atoms with Crippen LogP contribution in [0.1, 0.15) is 27.2 Å². The molecule has 0 bridgehead atoms. The summed E-state index contributed by atoms with van der Waals surface area (Å²) in [6, 6.07) is 0. The fourth-order valence-corrected chi connectivity index (χ4v) is 5.07. The highest BCUT2D eigenvalue weighted by molar-refractivity contribution is 7.71. The van der Waals surface area contributed by atoms with Gasteiger partial charge in [-0.25, -0.2) is 0 Å². The average Bonchev–Trinajstić information content (AvgIpc) is 2.02. The van der Waals surface area contributed by atoms with Gasteiger partial charge in [-0.2, -0.15) is 0 Å². The minimum absolute atomic E-state index is 0.0103. The van der Waals surface area contributed by atoms with Crippen LogP contribution in [0.5, 0.6) is 0 Å². The average molecular weight is 260 g/mol. The maximum atomic E-state index is 11.6. The topological polar surface area (TPSA) is 93.1 Å². The molecule has 0 saturated carbocycles. The fourth-order valence-electron chi connectivity index (χ4n) is 1.19. The van der Waals surface area contributed by atoms with Crippen LogP contribution in [-0.4, -0.2) is 28.4 Å². The third kappa shape index (κ3) is 4.35. The standard InChI is InChI=1S/C7H18O6P2/c1-4-7(14(8,9)12-5-2)15(10,11)13-6-3/h7H,4-6H2,1-3H3,(H,8,9)(H,10,11). The maximum Gasteiger partial charge on any atom is 0.343 e. The van der Waals surface area contributed by atoms with Crippen LogP contribution in [0.2, 0.25) is 0 Å². The van der Waals surface area contributed by atoms with Gasteiger partial charge in [0.15, 0.2) is 5.40 Å². The van der Waals surface area contributed by atoms with E-state index in [1.165, 1.54) is 6.92 Å². The third-order valence-corrected chi connectivity index (χ3v) is 6.99. The Kier molecular flexibility index (Phi) is 6.26. The monoisotopic (exact) mass is 260 g/mol. The summed E-state index contributed by atoms with van der Waals surface area (Å²) in [5.74, 6) is 0. The molecule has 0 aliphatic rings. The summed E-state index contributed by atoms with van der Waals surface area (Å²) >= 11 is 0. The molecule has 0 aliphatic heterocycles. The van der Waals surface area contributed by atoms with Crippen molar-refractivity contribution in [1.29, 1.82) is 0 Å². The lowest BCUT2D eigenvalue weighted by Gasteiger charge is -2.24. The van der Waals surface area contributed by atoms with E-state index in [9.17, 15) is 18.9 Å². The Labute approximate surface area is 89.7 Å². The molecule has 2 N–H and O–H groups in total. The largest absolute Gasteiger partial charge is 0.343 e. The van der Waals surface area contributed by atoms with Crippen LogP contribution in [0.25, 0.3) is 0 Å². The van der Waals surface area contributed by atoms with E-state index in [0.29, 0.717) is 0 Å². The van der Waals surface area contributed by atoms with E-state index >= 15 is 0 Å². The summed E-state index contributed by atoms with van der Waals surface area (Å²) in [7, 11) is -8.18. The van der Waals surface area contributed by atoms with Gasteiger partial charge in [0.1, 0.15) is 0 Å². The van der Waals surface area contributed by atoms with Crippen molar-refractivity contribution in [2.75, 3.05) is 13.2 Å². The summed E-state index contributed by atoms with van der Waals surface area (Å²) in [6.45, 7) is 4.64. The summed E-state index contributed by atoms with van der Waals surface area (Å²) < 4.78 is 32.4. The Hall–Kier alpha value is 0.300. The van der Waals surface area contributed by atoms with Gasteiger partial charge in [-0.1, -0.05) is 6.92 Å². The van der Waals surface area contributed by atoms with Gasteiger partial charge in [0.2, 0.25) is 0 Å². The molecule has 0 aromatic heterocycles. The second kappa shape index (κ2) is 6.14. The van der Waals surface area contributed by atoms with Gasteiger partial charge in [-0.3, -0.25) is 9.13 Å². The molecule has 0 aromatic carbocycles. The molecule has 0 aliphatic carbocycles. The first-order valence-electron chi connectivity index (χ1n) is 4.75. The van der Waals surface area contributed by atoms with Gasteiger partial charge < -0.3 is 18.8 Å². The normalized spacial score (nSPS) is 21.7. The second-order valence-corrected chi connectivity index (χ2v) is 7.28. The molecule has 0 rings (SSSR count). The Balaban J connectivity index is 4.90. The molecule has 6 nitrogen and oxygen atoms in total. The minimum atomic E-state index is -4.09. The van der Waals surface area contributed by atoms with Crippen LogP contribution < -0.4 is 0 Å². The molecule has 0 radical (unpaired) electrons. The van der Waals surface area contributed by atoms with Crippen molar-refractivity contribution < 1.29 is 28.0 Å². The minimum Gasteiger partial charge on any atom is -0.324 e. The van der Waals surface area contributed by atoms with Gasteiger partial charge >= 0.3 is 15.2 Å². The highest BCUT2D eigenvalue weighted by atomic mass is 31.2. The molecule has 2 unspecified atom stereocenters. The predicted octanol–water partition coefficient (Wildman–Crippen LogP) is 2.17. The van der Waals surface area contributed by atoms with E-state index in [0.717, 1.165) is 0 Å². The first-order valence-corrected chi connectivity index (χ1v) is 8.05. The first kappa shape index (κ1) is 15.3. The Morgan fingerprint density at radius 1 is 1.00 bits per heavy atom. The van der Waals surface area contributed by atoms with Crippen LogP contribution >= 0.6 is 15.2 Å². The van der Waals surface area contributed by atoms with Crippen molar-refractivity contribution in [3.8, 4) is 0 Å². The smallest absolute Gasteiger partial charge is 0.324 e. The maximum absolute atomic E-state index is 11.6. The van der Waals surface area contributed by atoms with Crippen molar-refractivity contribution in [2.45, 2.75) is 32.6 Å². The summed E-state index contributed by atoms with van der Waals surface area (Å²) in [5, 5.41) is -1.37. The first-order chi connectivity index (χ1) is 6.81. The van der Waals surface area contributed by atoms with Crippen LogP contribution in [-0.2, 0) is 18.2 Å². The lowest BCUT2D eigenvalue weighted by Crippen LogP contribution is -2.12. The molecule has 8 heteroatoms. The highest BCUT2D eigenvalue weighted by Crippen LogP contribution is 2.66. The van der Waals surface area contributed by atoms with Crippen molar-refractivity contribution >= 4 is 15.2 Å². The lowest BCUT2D eigenvalue weighted by molar-refractivity contribution is 0.246. The zero-order valence-corrected chi connectivity index (χ0v) is 10.9. The lowest BCUT2D eigenvalue weighted by atomic mass is 10.6. The van der Waals surface area contributed by atoms with E-state index in [2.05, 4.69) is 9.05 Å². The van der Waals surface area contributed by atoms with Crippen molar-refractivity contribution in [2.24, 2.45) is 0 Å². The Bertz CT molecular complexity index is 253. The molecule has 0 amide bonds. The molecule has 15 heavy (non-hydrogen) atoms. The summed E-state index contributed by atoms with van der Waals surface area (Å²) in [4.78, 5) is 18.9. The molecular formula is C7H18O6P2. The molecule has 0 spiro atoms. The van der Waals surface area contributed by atoms with Crippen molar-refractivity contribution in [3.05, 3.63) is 0 Å². The fraction of sp³-hybridized carbons (Fsp3) is 1.00. The van der Waals surface area contributed by atoms with E-state index in [-0.39, 0.29) is 19.6 Å². The zero-order chi connectivity index (χ0) is 12.1. The third-order valence-electron chi connectivity index (χ3n) is 1.75. The van der Waals surface area contributed by atoms with Crippen LogP contribution in [0.3, 0.4) is 0 Å². The van der Waals surface area contributed by atoms with E-state index in [1.807, 2.05) is 0 Å². The molecular weight excluding hydrogens is 242 g/mol. The quantitative estimate of drug-likeness (QED) is 0.681. The number of rotatable bonds is 7. The predicted molar refractivity (Wildman–Crippen MR) is 57.0 cm³/mol. The van der Waals surface area contributed by atoms with Crippen molar-refractivity contribution in [3.63, 3.8) is 0 Å². The van der Waals surface area contributed by atoms with E-state index in [4.69, 9.17) is 0 Å². The highest BCUT2D eigenvalue weighted by Gasteiger charge is 2.45. The molecule has 0 heterocycles. The zero-order valence-electron chi connectivity index (χ0n) is 9.12. The van der Waals surface area contributed by atoms with Gasteiger partial charge in [0, 0.05) is 0 Å². The molecule has 0 aromatic rings. The Morgan fingerprint density at radius 2 is 1.33 bits per heavy atom. The summed E-state index contributed by atoms with van der Waals surface area (Å²) in [6.07, 6.45) is 0.0432. The SMILES string of the molecule is CCOP(=O)(O)C(CC)P(=O)(O)OCC. The van der Waals surface area contributed by atoms with E-state index < -0.39 is 20.6 Å². The molecule has 0 fully saturated rings. The van der Waals surface area contributed by atoms with Gasteiger partial charge in [0.05, 0.1) is 13.2 Å². The van der Waals surface area contributed by atoms with Gasteiger partial charge in [-0.15, -0.1) is 0 Å². The van der Waals surface area contributed by atoms with Crippen LogP contribution in [0.4, 0.5) is 0 Å². The van der Waals surface area contributed by atoms with E-state index in [1.54, 1.807) is 13.8 Å². The molecule has 0 saturated heterocycles. The van der Waals surface area contributed by atoms with Crippen molar-refractivity contribution in [1.82, 2.24) is 0 Å². The number of hydrogen-bond donors (Lipinski definition) is 2. The summed E-state index contributed by atoms with van der Waals surface area (Å²) in [5.41, 5.74) is 0. The van der Waals surface area contributed by atoms with Crippen LogP contribution in [0, 0.1) is 0 Å². The molecule has 2 atom stereocenters. The van der Waals surface area contributed by atoms with Gasteiger partial charge in [0.25, 0.3) is 0 Å².